The van der Waals surface area contributed by atoms with Crippen LogP contribution >= 0.6 is 11.3 Å². The fraction of sp³-hybridized carbons (Fsp3) is 0.286. The summed E-state index contributed by atoms with van der Waals surface area (Å²) in [5.74, 6) is -0.365. The Morgan fingerprint density at radius 1 is 1.48 bits per heavy atom. The summed E-state index contributed by atoms with van der Waals surface area (Å²) in [4.78, 5) is 13.0. The molecular formula is C14H13FN2O3S. The first-order chi connectivity index (χ1) is 9.97. The van der Waals surface area contributed by atoms with Gasteiger partial charge in [-0.1, -0.05) is 6.07 Å². The molecule has 2 aromatic rings. The largest absolute Gasteiger partial charge is 0.388 e. The topological polar surface area (TPSA) is 66.6 Å². The molecule has 3 rings (SSSR count). The molecule has 7 heteroatoms. The molecule has 21 heavy (non-hydrogen) atoms. The van der Waals surface area contributed by atoms with Crippen LogP contribution in [0.2, 0.25) is 0 Å². The molecule has 1 N–H and O–H groups in total. The van der Waals surface area contributed by atoms with Crippen molar-refractivity contribution in [2.75, 3.05) is 11.4 Å². The first kappa shape index (κ1) is 14.0. The molecular weight excluding hydrogens is 295 g/mol. The molecule has 0 saturated carbocycles. The molecule has 0 spiro atoms. The fourth-order valence-corrected chi connectivity index (χ4v) is 3.59. The summed E-state index contributed by atoms with van der Waals surface area (Å²) in [7, 11) is 0. The molecule has 0 amide bonds. The van der Waals surface area contributed by atoms with Gasteiger partial charge in [0, 0.05) is 23.2 Å². The second-order valence-corrected chi connectivity index (χ2v) is 6.01. The summed E-state index contributed by atoms with van der Waals surface area (Å²) in [5.41, 5.74) is 1.59. The van der Waals surface area contributed by atoms with Gasteiger partial charge in [-0.05, 0) is 31.0 Å². The summed E-state index contributed by atoms with van der Waals surface area (Å²) < 4.78 is 13.4. The van der Waals surface area contributed by atoms with E-state index in [1.807, 2.05) is 0 Å². The third kappa shape index (κ3) is 2.38. The van der Waals surface area contributed by atoms with Crippen LogP contribution in [0.4, 0.5) is 20.8 Å². The lowest BCUT2D eigenvalue weighted by Gasteiger charge is -2.16. The van der Waals surface area contributed by atoms with Crippen molar-refractivity contribution < 1.29 is 14.4 Å². The number of hydrogen-bond acceptors (Lipinski definition) is 5. The molecule has 1 aromatic carbocycles. The van der Waals surface area contributed by atoms with Gasteiger partial charge < -0.3 is 10.0 Å². The van der Waals surface area contributed by atoms with E-state index in [1.165, 1.54) is 29.5 Å². The molecule has 1 aliphatic rings. The number of rotatable bonds is 3. The number of thiophene rings is 1. The highest BCUT2D eigenvalue weighted by Crippen LogP contribution is 2.46. The number of aliphatic hydroxyl groups excluding tert-OH is 1. The lowest BCUT2D eigenvalue weighted by molar-refractivity contribution is -0.383. The van der Waals surface area contributed by atoms with Crippen molar-refractivity contribution in [2.45, 2.75) is 19.4 Å². The van der Waals surface area contributed by atoms with E-state index < -0.39 is 11.0 Å². The molecule has 1 atom stereocenters. The maximum absolute atomic E-state index is 13.4. The van der Waals surface area contributed by atoms with Crippen LogP contribution in [0.15, 0.2) is 24.3 Å². The number of benzene rings is 1. The fourth-order valence-electron chi connectivity index (χ4n) is 2.48. The maximum atomic E-state index is 13.4. The lowest BCUT2D eigenvalue weighted by atomic mass is 10.2. The number of anilines is 2. The maximum Gasteiger partial charge on any atom is 0.304 e. The van der Waals surface area contributed by atoms with E-state index in [1.54, 1.807) is 17.9 Å². The van der Waals surface area contributed by atoms with Gasteiger partial charge in [0.1, 0.15) is 5.82 Å². The number of fused-ring (bicyclic) bond motifs is 1. The Hall–Kier alpha value is -1.99. The Kier molecular flexibility index (Phi) is 3.38. The third-order valence-corrected chi connectivity index (χ3v) is 4.83. The minimum atomic E-state index is -0.767. The van der Waals surface area contributed by atoms with E-state index in [2.05, 4.69) is 0 Å². The predicted octanol–water partition coefficient (Wildman–Crippen LogP) is 3.54. The number of aliphatic hydroxyl groups is 1. The number of nitro groups is 1. The van der Waals surface area contributed by atoms with E-state index >= 15 is 0 Å². The van der Waals surface area contributed by atoms with E-state index in [0.717, 1.165) is 5.56 Å². The van der Waals surface area contributed by atoms with Gasteiger partial charge >= 0.3 is 5.69 Å². The zero-order valence-electron chi connectivity index (χ0n) is 11.2. The van der Waals surface area contributed by atoms with Crippen LogP contribution in [0.1, 0.15) is 23.5 Å². The van der Waals surface area contributed by atoms with Crippen molar-refractivity contribution in [3.63, 3.8) is 0 Å². The van der Waals surface area contributed by atoms with Gasteiger partial charge in [0.05, 0.1) is 11.0 Å². The van der Waals surface area contributed by atoms with Gasteiger partial charge in [0.2, 0.25) is 0 Å². The average Bonchev–Trinajstić information content (AvgIpc) is 3.01. The second-order valence-electron chi connectivity index (χ2n) is 4.95. The van der Waals surface area contributed by atoms with Crippen molar-refractivity contribution >= 4 is 27.7 Å². The van der Waals surface area contributed by atoms with E-state index in [9.17, 15) is 19.6 Å². The highest BCUT2D eigenvalue weighted by Gasteiger charge is 2.30. The highest BCUT2D eigenvalue weighted by atomic mass is 32.1. The summed E-state index contributed by atoms with van der Waals surface area (Å²) in [6, 6.07) is 5.89. The van der Waals surface area contributed by atoms with Crippen LogP contribution in [-0.2, 0) is 6.42 Å². The normalized spacial score (nSPS) is 15.1. The zero-order chi connectivity index (χ0) is 15.1. The smallest absolute Gasteiger partial charge is 0.304 e. The van der Waals surface area contributed by atoms with Crippen LogP contribution in [0, 0.1) is 15.9 Å². The van der Waals surface area contributed by atoms with Gasteiger partial charge in [-0.2, -0.15) is 0 Å². The highest BCUT2D eigenvalue weighted by molar-refractivity contribution is 7.16. The molecule has 0 aliphatic carbocycles. The molecule has 1 aromatic heterocycles. The SMILES string of the molecule is C[C@H](O)c1cc([N+](=O)[O-])c(N2CCc3ccc(F)cc32)s1. The van der Waals surface area contributed by atoms with Crippen molar-refractivity contribution in [2.24, 2.45) is 0 Å². The Labute approximate surface area is 124 Å². The minimum Gasteiger partial charge on any atom is -0.388 e. The van der Waals surface area contributed by atoms with Crippen molar-refractivity contribution in [1.29, 1.82) is 0 Å². The first-order valence-corrected chi connectivity index (χ1v) is 7.31. The van der Waals surface area contributed by atoms with Gasteiger partial charge in [0.15, 0.2) is 5.00 Å². The minimum absolute atomic E-state index is 0.0481. The molecule has 0 saturated heterocycles. The van der Waals surface area contributed by atoms with Crippen LogP contribution in [0.25, 0.3) is 0 Å². The van der Waals surface area contributed by atoms with Crippen LogP contribution in [0.5, 0.6) is 0 Å². The molecule has 0 unspecified atom stereocenters. The van der Waals surface area contributed by atoms with Crippen molar-refractivity contribution in [3.05, 3.63) is 50.6 Å². The van der Waals surface area contributed by atoms with E-state index in [-0.39, 0.29) is 11.5 Å². The number of halogens is 1. The molecule has 5 nitrogen and oxygen atoms in total. The van der Waals surface area contributed by atoms with Gasteiger partial charge in [0.25, 0.3) is 0 Å². The second kappa shape index (κ2) is 5.09. The molecule has 0 fully saturated rings. The Morgan fingerprint density at radius 2 is 2.24 bits per heavy atom. The first-order valence-electron chi connectivity index (χ1n) is 6.49. The zero-order valence-corrected chi connectivity index (χ0v) is 12.1. The average molecular weight is 308 g/mol. The molecule has 2 heterocycles. The standard InChI is InChI=1S/C14H13FN2O3S/c1-8(18)13-7-12(17(19)20)14(21-13)16-5-4-9-2-3-10(15)6-11(9)16/h2-3,6-8,18H,4-5H2,1H3/t8-/m0/s1. The summed E-state index contributed by atoms with van der Waals surface area (Å²) in [6.07, 6.45) is -0.0497. The summed E-state index contributed by atoms with van der Waals surface area (Å²) in [5, 5.41) is 21.3. The lowest BCUT2D eigenvalue weighted by Crippen LogP contribution is -2.13. The van der Waals surface area contributed by atoms with E-state index in [4.69, 9.17) is 0 Å². The van der Waals surface area contributed by atoms with Gasteiger partial charge in [-0.15, -0.1) is 11.3 Å². The Balaban J connectivity index is 2.10. The monoisotopic (exact) mass is 308 g/mol. The summed E-state index contributed by atoms with van der Waals surface area (Å²) in [6.45, 7) is 2.14. The Morgan fingerprint density at radius 3 is 2.90 bits per heavy atom. The number of hydrogen-bond donors (Lipinski definition) is 1. The van der Waals surface area contributed by atoms with E-state index in [0.29, 0.717) is 28.5 Å². The molecule has 0 radical (unpaired) electrons. The van der Waals surface area contributed by atoms with Crippen LogP contribution in [0.3, 0.4) is 0 Å². The third-order valence-electron chi connectivity index (χ3n) is 3.51. The quantitative estimate of drug-likeness (QED) is 0.695. The molecule has 1 aliphatic heterocycles. The van der Waals surface area contributed by atoms with Gasteiger partial charge in [-0.3, -0.25) is 10.1 Å². The summed E-state index contributed by atoms with van der Waals surface area (Å²) >= 11 is 1.17. The molecule has 0 bridgehead atoms. The van der Waals surface area contributed by atoms with Crippen LogP contribution < -0.4 is 4.90 Å². The molecule has 110 valence electrons. The Bertz CT molecular complexity index is 714. The predicted molar refractivity (Wildman–Crippen MR) is 78.7 cm³/mol. The van der Waals surface area contributed by atoms with Crippen molar-refractivity contribution in [1.82, 2.24) is 0 Å². The number of nitrogens with zero attached hydrogens (tertiary/aromatic N) is 2. The van der Waals surface area contributed by atoms with Gasteiger partial charge in [-0.25, -0.2) is 4.39 Å². The van der Waals surface area contributed by atoms with Crippen LogP contribution in [-0.4, -0.2) is 16.6 Å². The van der Waals surface area contributed by atoms with Crippen molar-refractivity contribution in [3.8, 4) is 0 Å².